The maximum Gasteiger partial charge on any atom is 0.266 e. The number of likely N-dealkylation sites (N-methyl/N-ethyl adjacent to an activating group) is 1. The number of nitrogens with one attached hydrogen (secondary N) is 1. The van der Waals surface area contributed by atoms with Gasteiger partial charge < -0.3 is 10.2 Å². The van der Waals surface area contributed by atoms with Gasteiger partial charge >= 0.3 is 0 Å². The molecule has 1 amide bonds. The normalized spacial score (nSPS) is 15.3. The van der Waals surface area contributed by atoms with Crippen molar-refractivity contribution >= 4 is 40.5 Å². The molecule has 2 aromatic rings. The van der Waals surface area contributed by atoms with Gasteiger partial charge in [0.1, 0.15) is 11.6 Å². The first-order valence-corrected chi connectivity index (χ1v) is 9.78. The van der Waals surface area contributed by atoms with Gasteiger partial charge in [-0.2, -0.15) is 5.26 Å². The quantitative estimate of drug-likeness (QED) is 0.516. The first-order valence-electron chi connectivity index (χ1n) is 9.40. The molecule has 4 nitrogen and oxygen atoms in total. The number of fused-ring (bicyclic) bond motifs is 1. The lowest BCUT2D eigenvalue weighted by molar-refractivity contribution is -0.112. The average molecular weight is 406 g/mol. The van der Waals surface area contributed by atoms with E-state index >= 15 is 0 Å². The number of nitrogens with zero attached hydrogens (tertiary/aromatic N) is 2. The summed E-state index contributed by atoms with van der Waals surface area (Å²) in [5.41, 5.74) is 5.69. The van der Waals surface area contributed by atoms with Crippen LogP contribution in [0.1, 0.15) is 37.5 Å². The Morgan fingerprint density at radius 1 is 1.24 bits per heavy atom. The van der Waals surface area contributed by atoms with E-state index < -0.39 is 5.91 Å². The average Bonchev–Trinajstić information content (AvgIpc) is 2.66. The lowest BCUT2D eigenvalue weighted by atomic mass is 9.87. The fourth-order valence-electron chi connectivity index (χ4n) is 3.53. The smallest absolute Gasteiger partial charge is 0.266 e. The minimum atomic E-state index is -0.483. The van der Waals surface area contributed by atoms with Crippen molar-refractivity contribution in [2.24, 2.45) is 0 Å². The van der Waals surface area contributed by atoms with Gasteiger partial charge in [-0.05, 0) is 74.7 Å². The Kier molecular flexibility index (Phi) is 5.55. The summed E-state index contributed by atoms with van der Waals surface area (Å²) in [5, 5.41) is 12.7. The lowest BCUT2D eigenvalue weighted by Crippen LogP contribution is -2.42. The molecule has 0 aromatic heterocycles. The number of halogens is 1. The monoisotopic (exact) mass is 405 g/mol. The van der Waals surface area contributed by atoms with Gasteiger partial charge in [0.15, 0.2) is 0 Å². The summed E-state index contributed by atoms with van der Waals surface area (Å²) in [7, 11) is 2.08. The molecule has 29 heavy (non-hydrogen) atoms. The molecule has 1 heterocycles. The van der Waals surface area contributed by atoms with Crippen LogP contribution in [-0.4, -0.2) is 18.5 Å². The second-order valence-electron chi connectivity index (χ2n) is 7.87. The maximum absolute atomic E-state index is 12.6. The van der Waals surface area contributed by atoms with Gasteiger partial charge in [-0.3, -0.25) is 4.79 Å². The molecule has 3 rings (SSSR count). The number of para-hydroxylation sites is 1. The van der Waals surface area contributed by atoms with Crippen molar-refractivity contribution in [3.8, 4) is 6.07 Å². The highest BCUT2D eigenvalue weighted by molar-refractivity contribution is 6.34. The van der Waals surface area contributed by atoms with Crippen LogP contribution < -0.4 is 10.2 Å². The number of anilines is 2. The molecule has 0 bridgehead atoms. The van der Waals surface area contributed by atoms with Gasteiger partial charge in [-0.1, -0.05) is 29.8 Å². The fraction of sp³-hybridized carbons (Fsp3) is 0.250. The minimum absolute atomic E-state index is 0.0269. The largest absolute Gasteiger partial charge is 0.365 e. The number of carbonyl (C=O) groups is 1. The Morgan fingerprint density at radius 2 is 1.93 bits per heavy atom. The molecule has 5 heteroatoms. The van der Waals surface area contributed by atoms with Gasteiger partial charge in [0.05, 0.1) is 16.2 Å². The van der Waals surface area contributed by atoms with Gasteiger partial charge in [-0.15, -0.1) is 0 Å². The van der Waals surface area contributed by atoms with Crippen LogP contribution in [0.2, 0.25) is 5.02 Å². The fourth-order valence-corrected chi connectivity index (χ4v) is 3.71. The van der Waals surface area contributed by atoms with Gasteiger partial charge in [0, 0.05) is 18.3 Å². The summed E-state index contributed by atoms with van der Waals surface area (Å²) in [6.07, 6.45) is 3.86. The molecule has 0 fully saturated rings. The Balaban J connectivity index is 1.99. The topological polar surface area (TPSA) is 56.1 Å². The number of hydrogen-bond donors (Lipinski definition) is 1. The van der Waals surface area contributed by atoms with Gasteiger partial charge in [0.25, 0.3) is 5.91 Å². The maximum atomic E-state index is 12.6. The standard InChI is InChI=1S/C24H24ClN3O/c1-15-10-22-19(16(2)13-24(3,4)28(22)5)12-17(15)11-18(14-26)23(29)27-21-9-7-6-8-20(21)25/h6-13H,1-5H3,(H,27,29)/b18-11+. The zero-order valence-electron chi connectivity index (χ0n) is 17.3. The third-order valence-electron chi connectivity index (χ3n) is 5.39. The highest BCUT2D eigenvalue weighted by Crippen LogP contribution is 2.39. The van der Waals surface area contributed by atoms with E-state index in [9.17, 15) is 10.1 Å². The zero-order chi connectivity index (χ0) is 21.3. The minimum Gasteiger partial charge on any atom is -0.365 e. The molecule has 0 saturated carbocycles. The van der Waals surface area contributed by atoms with Crippen molar-refractivity contribution in [1.82, 2.24) is 0 Å². The molecule has 1 aliphatic rings. The molecule has 0 radical (unpaired) electrons. The van der Waals surface area contributed by atoms with Crippen LogP contribution in [0.25, 0.3) is 11.6 Å². The summed E-state index contributed by atoms with van der Waals surface area (Å²) in [4.78, 5) is 14.9. The highest BCUT2D eigenvalue weighted by Gasteiger charge is 2.28. The van der Waals surface area contributed by atoms with Crippen LogP contribution >= 0.6 is 11.6 Å². The van der Waals surface area contributed by atoms with E-state index in [4.69, 9.17) is 11.6 Å². The molecule has 1 aliphatic heterocycles. The molecule has 2 aromatic carbocycles. The summed E-state index contributed by atoms with van der Waals surface area (Å²) >= 11 is 6.11. The van der Waals surface area contributed by atoms with Crippen LogP contribution in [0.3, 0.4) is 0 Å². The second kappa shape index (κ2) is 7.77. The number of benzene rings is 2. The number of amides is 1. The van der Waals surface area contributed by atoms with Crippen molar-refractivity contribution in [3.63, 3.8) is 0 Å². The summed E-state index contributed by atoms with van der Waals surface area (Å²) in [6, 6.07) is 13.1. The molecule has 0 unspecified atom stereocenters. The Labute approximate surface area is 177 Å². The van der Waals surface area contributed by atoms with E-state index in [0.29, 0.717) is 10.7 Å². The third kappa shape index (κ3) is 4.06. The van der Waals surface area contributed by atoms with E-state index in [-0.39, 0.29) is 11.1 Å². The van der Waals surface area contributed by atoms with Crippen molar-refractivity contribution in [2.75, 3.05) is 17.3 Å². The molecule has 0 spiro atoms. The van der Waals surface area contributed by atoms with E-state index in [0.717, 1.165) is 22.4 Å². The first-order chi connectivity index (χ1) is 13.6. The van der Waals surface area contributed by atoms with Crippen molar-refractivity contribution in [1.29, 1.82) is 5.26 Å². The first kappa shape index (κ1) is 20.7. The molecule has 0 atom stereocenters. The van der Waals surface area contributed by atoms with Gasteiger partial charge in [0.2, 0.25) is 0 Å². The van der Waals surface area contributed by atoms with Crippen molar-refractivity contribution in [3.05, 3.63) is 69.8 Å². The number of aryl methyl sites for hydroxylation is 1. The molecule has 0 saturated heterocycles. The number of hydrogen-bond acceptors (Lipinski definition) is 3. The number of rotatable bonds is 3. The summed E-state index contributed by atoms with van der Waals surface area (Å²) in [6.45, 7) is 8.43. The zero-order valence-corrected chi connectivity index (χ0v) is 18.1. The summed E-state index contributed by atoms with van der Waals surface area (Å²) < 4.78 is 0. The molecule has 0 aliphatic carbocycles. The molecular formula is C24H24ClN3O. The van der Waals surface area contributed by atoms with E-state index in [1.54, 1.807) is 30.3 Å². The van der Waals surface area contributed by atoms with Crippen LogP contribution in [0.15, 0.2) is 48.0 Å². The Bertz CT molecular complexity index is 1090. The van der Waals surface area contributed by atoms with Crippen LogP contribution in [-0.2, 0) is 4.79 Å². The van der Waals surface area contributed by atoms with Crippen LogP contribution in [0.4, 0.5) is 11.4 Å². The lowest BCUT2D eigenvalue weighted by Gasteiger charge is -2.41. The van der Waals surface area contributed by atoms with Crippen molar-refractivity contribution < 1.29 is 4.79 Å². The van der Waals surface area contributed by atoms with Crippen LogP contribution in [0.5, 0.6) is 0 Å². The number of nitriles is 1. The van der Waals surface area contributed by atoms with Crippen molar-refractivity contribution in [2.45, 2.75) is 33.2 Å². The Hall–Kier alpha value is -3.03. The molecule has 1 N–H and O–H groups in total. The number of allylic oxidation sites excluding steroid dienone is 1. The summed E-state index contributed by atoms with van der Waals surface area (Å²) in [5.74, 6) is -0.483. The third-order valence-corrected chi connectivity index (χ3v) is 5.72. The second-order valence-corrected chi connectivity index (χ2v) is 8.28. The van der Waals surface area contributed by atoms with E-state index in [2.05, 4.69) is 50.2 Å². The van der Waals surface area contributed by atoms with E-state index in [1.807, 2.05) is 19.1 Å². The number of carbonyl (C=O) groups excluding carboxylic acids is 1. The molecular weight excluding hydrogens is 382 g/mol. The predicted octanol–water partition coefficient (Wildman–Crippen LogP) is 5.83. The van der Waals surface area contributed by atoms with E-state index in [1.165, 1.54) is 5.57 Å². The SMILES string of the molecule is CC1=CC(C)(C)N(C)c2cc(C)c(/C=C(\C#N)C(=O)Nc3ccccc3Cl)cc21. The predicted molar refractivity (Wildman–Crippen MR) is 121 cm³/mol. The van der Waals surface area contributed by atoms with Gasteiger partial charge in [-0.25, -0.2) is 0 Å². The molecule has 148 valence electrons. The van der Waals surface area contributed by atoms with Crippen LogP contribution in [0, 0.1) is 18.3 Å². The Morgan fingerprint density at radius 3 is 2.59 bits per heavy atom. The highest BCUT2D eigenvalue weighted by atomic mass is 35.5.